The largest absolute Gasteiger partial charge is 0.495 e. The van der Waals surface area contributed by atoms with Crippen LogP contribution in [0.25, 0.3) is 21.9 Å². The van der Waals surface area contributed by atoms with Crippen molar-refractivity contribution in [3.05, 3.63) is 40.4 Å². The van der Waals surface area contributed by atoms with Gasteiger partial charge in [0.05, 0.1) is 36.9 Å². The monoisotopic (exact) mass is 318 g/mol. The summed E-state index contributed by atoms with van der Waals surface area (Å²) in [5, 5.41) is 20.9. The number of hydrogen-bond donors (Lipinski definition) is 2. The van der Waals surface area contributed by atoms with Gasteiger partial charge in [0.15, 0.2) is 0 Å². The number of aliphatic hydroxyl groups is 2. The van der Waals surface area contributed by atoms with Gasteiger partial charge in [-0.25, -0.2) is 4.79 Å². The third-order valence-corrected chi connectivity index (χ3v) is 4.30. The lowest BCUT2D eigenvalue weighted by atomic mass is 9.78. The number of ether oxygens (including phenoxy) is 1. The van der Waals surface area contributed by atoms with Crippen molar-refractivity contribution in [2.75, 3.05) is 13.7 Å². The molecule has 1 atom stereocenters. The minimum atomic E-state index is -1.06. The first-order valence-electron chi connectivity index (χ1n) is 7.22. The summed E-state index contributed by atoms with van der Waals surface area (Å²) in [5.41, 5.74) is -0.156. The number of benzene rings is 1. The Labute approximate surface area is 131 Å². The zero-order valence-corrected chi connectivity index (χ0v) is 13.1. The first-order valence-corrected chi connectivity index (χ1v) is 7.22. The van der Waals surface area contributed by atoms with E-state index in [9.17, 15) is 15.0 Å². The lowest BCUT2D eigenvalue weighted by Crippen LogP contribution is -2.36. The Morgan fingerprint density at radius 2 is 1.91 bits per heavy atom. The molecule has 0 unspecified atom stereocenters. The highest BCUT2D eigenvalue weighted by atomic mass is 16.5. The molecule has 0 radical (unpaired) electrons. The SMILES string of the molecule is COc1c2ccoc2c(C(C)(C)[C@H](O)CO)c2oc(=O)ccc12. The van der Waals surface area contributed by atoms with E-state index < -0.39 is 23.8 Å². The molecule has 0 bridgehead atoms. The van der Waals surface area contributed by atoms with Crippen LogP contribution in [0.2, 0.25) is 0 Å². The van der Waals surface area contributed by atoms with Gasteiger partial charge in [-0.1, -0.05) is 13.8 Å². The van der Waals surface area contributed by atoms with Gasteiger partial charge < -0.3 is 23.8 Å². The van der Waals surface area contributed by atoms with Crippen molar-refractivity contribution >= 4 is 21.9 Å². The van der Waals surface area contributed by atoms with E-state index in [1.54, 1.807) is 26.0 Å². The van der Waals surface area contributed by atoms with E-state index in [4.69, 9.17) is 13.6 Å². The summed E-state index contributed by atoms with van der Waals surface area (Å²) in [6.45, 7) is 3.08. The standard InChI is InChI=1S/C17H18O6/c1-17(2,11(19)8-18)13-15-10(6-7-22-15)14(21-3)9-4-5-12(20)23-16(9)13/h4-7,11,18-19H,8H2,1-3H3/t11-/m1/s1. The van der Waals surface area contributed by atoms with Crippen molar-refractivity contribution < 1.29 is 23.8 Å². The molecule has 0 amide bonds. The number of methoxy groups -OCH3 is 1. The number of rotatable bonds is 4. The van der Waals surface area contributed by atoms with E-state index in [0.717, 1.165) is 0 Å². The van der Waals surface area contributed by atoms with E-state index in [1.807, 2.05) is 0 Å². The van der Waals surface area contributed by atoms with Gasteiger partial charge in [-0.15, -0.1) is 0 Å². The Balaban J connectivity index is 2.54. The van der Waals surface area contributed by atoms with Crippen LogP contribution in [0.5, 0.6) is 5.75 Å². The minimum absolute atomic E-state index is 0.286. The first kappa shape index (κ1) is 15.6. The fourth-order valence-electron chi connectivity index (χ4n) is 2.91. The smallest absolute Gasteiger partial charge is 0.336 e. The molecule has 0 saturated heterocycles. The van der Waals surface area contributed by atoms with Crippen LogP contribution < -0.4 is 10.4 Å². The molecule has 0 spiro atoms. The van der Waals surface area contributed by atoms with Gasteiger partial charge in [-0.2, -0.15) is 0 Å². The zero-order chi connectivity index (χ0) is 16.8. The molecule has 0 saturated carbocycles. The second-order valence-corrected chi connectivity index (χ2v) is 5.99. The van der Waals surface area contributed by atoms with Gasteiger partial charge in [0.2, 0.25) is 0 Å². The molecule has 2 aromatic heterocycles. The third-order valence-electron chi connectivity index (χ3n) is 4.30. The van der Waals surface area contributed by atoms with Crippen molar-refractivity contribution in [1.29, 1.82) is 0 Å². The summed E-state index contributed by atoms with van der Waals surface area (Å²) in [7, 11) is 1.53. The quantitative estimate of drug-likeness (QED) is 0.716. The van der Waals surface area contributed by atoms with E-state index in [2.05, 4.69) is 0 Å². The van der Waals surface area contributed by atoms with Gasteiger partial charge >= 0.3 is 5.63 Å². The predicted octanol–water partition coefficient (Wildman–Crippen LogP) is 2.18. The molecule has 0 fully saturated rings. The molecule has 23 heavy (non-hydrogen) atoms. The Bertz CT molecular complexity index is 918. The van der Waals surface area contributed by atoms with Crippen molar-refractivity contribution in [2.24, 2.45) is 0 Å². The average molecular weight is 318 g/mol. The van der Waals surface area contributed by atoms with Crippen LogP contribution in [0.4, 0.5) is 0 Å². The lowest BCUT2D eigenvalue weighted by molar-refractivity contribution is 0.0415. The summed E-state index contributed by atoms with van der Waals surface area (Å²) in [6, 6.07) is 4.69. The predicted molar refractivity (Wildman–Crippen MR) is 84.9 cm³/mol. The van der Waals surface area contributed by atoms with E-state index in [1.165, 1.54) is 19.4 Å². The van der Waals surface area contributed by atoms with Gasteiger partial charge in [-0.05, 0) is 12.1 Å². The topological polar surface area (TPSA) is 93.0 Å². The summed E-state index contributed by atoms with van der Waals surface area (Å²) in [4.78, 5) is 11.7. The molecule has 3 aromatic rings. The number of aliphatic hydroxyl groups excluding tert-OH is 2. The molecule has 0 aliphatic heterocycles. The molecule has 0 aliphatic rings. The fraction of sp³-hybridized carbons (Fsp3) is 0.353. The van der Waals surface area contributed by atoms with Gasteiger partial charge in [0.1, 0.15) is 16.9 Å². The van der Waals surface area contributed by atoms with Gasteiger partial charge in [0.25, 0.3) is 0 Å². The van der Waals surface area contributed by atoms with Crippen LogP contribution in [0.15, 0.2) is 38.1 Å². The molecular weight excluding hydrogens is 300 g/mol. The normalized spacial score (nSPS) is 13.6. The van der Waals surface area contributed by atoms with Crippen molar-refractivity contribution in [2.45, 2.75) is 25.4 Å². The number of hydrogen-bond acceptors (Lipinski definition) is 6. The summed E-state index contributed by atoms with van der Waals surface area (Å²) < 4.78 is 16.5. The van der Waals surface area contributed by atoms with Crippen LogP contribution in [-0.2, 0) is 5.41 Å². The number of furan rings is 1. The molecule has 6 heteroatoms. The first-order chi connectivity index (χ1) is 10.9. The maximum atomic E-state index is 11.7. The van der Waals surface area contributed by atoms with Crippen LogP contribution in [0.1, 0.15) is 19.4 Å². The summed E-state index contributed by atoms with van der Waals surface area (Å²) in [5.74, 6) is 0.533. The minimum Gasteiger partial charge on any atom is -0.495 e. The maximum Gasteiger partial charge on any atom is 0.336 e. The molecule has 0 aliphatic carbocycles. The lowest BCUT2D eigenvalue weighted by Gasteiger charge is -2.30. The fourth-order valence-corrected chi connectivity index (χ4v) is 2.91. The van der Waals surface area contributed by atoms with Crippen LogP contribution in [0, 0.1) is 0 Å². The summed E-state index contributed by atoms with van der Waals surface area (Å²) >= 11 is 0. The average Bonchev–Trinajstić information content (AvgIpc) is 2.99. The second-order valence-electron chi connectivity index (χ2n) is 5.99. The molecule has 122 valence electrons. The maximum absolute atomic E-state index is 11.7. The van der Waals surface area contributed by atoms with Crippen molar-refractivity contribution in [3.8, 4) is 5.75 Å². The summed E-state index contributed by atoms with van der Waals surface area (Å²) in [6.07, 6.45) is 0.452. The molecule has 3 rings (SSSR count). The highest BCUT2D eigenvalue weighted by Gasteiger charge is 2.36. The van der Waals surface area contributed by atoms with Crippen molar-refractivity contribution in [3.63, 3.8) is 0 Å². The Kier molecular flexibility index (Phi) is 3.66. The van der Waals surface area contributed by atoms with Crippen LogP contribution in [0.3, 0.4) is 0 Å². The third kappa shape index (κ3) is 2.22. The van der Waals surface area contributed by atoms with E-state index in [-0.39, 0.29) is 5.58 Å². The second kappa shape index (κ2) is 5.40. The highest BCUT2D eigenvalue weighted by molar-refractivity contribution is 6.05. The van der Waals surface area contributed by atoms with Crippen LogP contribution >= 0.6 is 0 Å². The molecule has 2 heterocycles. The zero-order valence-electron chi connectivity index (χ0n) is 13.1. The highest BCUT2D eigenvalue weighted by Crippen LogP contribution is 2.44. The van der Waals surface area contributed by atoms with E-state index in [0.29, 0.717) is 27.7 Å². The number of fused-ring (bicyclic) bond motifs is 2. The Morgan fingerprint density at radius 1 is 1.22 bits per heavy atom. The van der Waals surface area contributed by atoms with Gasteiger partial charge in [0, 0.05) is 17.0 Å². The van der Waals surface area contributed by atoms with Gasteiger partial charge in [-0.3, -0.25) is 0 Å². The molecule has 2 N–H and O–H groups in total. The van der Waals surface area contributed by atoms with Crippen molar-refractivity contribution in [1.82, 2.24) is 0 Å². The Hall–Kier alpha value is -2.31. The molecule has 1 aromatic carbocycles. The Morgan fingerprint density at radius 3 is 2.57 bits per heavy atom. The molecule has 6 nitrogen and oxygen atoms in total. The molecular formula is C17H18O6. The van der Waals surface area contributed by atoms with Crippen LogP contribution in [-0.4, -0.2) is 30.0 Å². The van der Waals surface area contributed by atoms with E-state index >= 15 is 0 Å².